The molecule has 0 aliphatic rings. The quantitative estimate of drug-likeness (QED) is 0.341. The van der Waals surface area contributed by atoms with Crippen LogP contribution in [-0.4, -0.2) is 0 Å². The third-order valence-electron chi connectivity index (χ3n) is 4.23. The summed E-state index contributed by atoms with van der Waals surface area (Å²) < 4.78 is 6.07. The van der Waals surface area contributed by atoms with Gasteiger partial charge >= 0.3 is 0 Å². The lowest BCUT2D eigenvalue weighted by Gasteiger charge is -1.99. The average molecular weight is 268 g/mol. The lowest BCUT2D eigenvalue weighted by Crippen LogP contribution is -1.75. The fourth-order valence-electron chi connectivity index (χ4n) is 3.23. The van der Waals surface area contributed by atoms with Crippen LogP contribution in [0.2, 0.25) is 0 Å². The van der Waals surface area contributed by atoms with Crippen molar-refractivity contribution in [1.29, 1.82) is 0 Å². The highest BCUT2D eigenvalue weighted by Crippen LogP contribution is 2.36. The first-order valence-electron chi connectivity index (χ1n) is 7.13. The molecular weight excluding hydrogens is 256 g/mol. The number of furan rings is 1. The molecule has 1 aromatic heterocycles. The molecule has 21 heavy (non-hydrogen) atoms. The zero-order chi connectivity index (χ0) is 13.8. The first-order chi connectivity index (χ1) is 10.4. The molecule has 1 nitrogen and oxygen atoms in total. The summed E-state index contributed by atoms with van der Waals surface area (Å²) >= 11 is 0. The van der Waals surface area contributed by atoms with E-state index in [4.69, 9.17) is 4.42 Å². The van der Waals surface area contributed by atoms with Crippen molar-refractivity contribution in [3.8, 4) is 0 Å². The Labute approximate surface area is 121 Å². The van der Waals surface area contributed by atoms with Gasteiger partial charge in [-0.15, -0.1) is 0 Å². The summed E-state index contributed by atoms with van der Waals surface area (Å²) in [6.07, 6.45) is 0. The van der Waals surface area contributed by atoms with Crippen molar-refractivity contribution < 1.29 is 4.42 Å². The zero-order valence-electron chi connectivity index (χ0n) is 11.3. The van der Waals surface area contributed by atoms with Gasteiger partial charge in [0.15, 0.2) is 0 Å². The van der Waals surface area contributed by atoms with Crippen LogP contribution in [0.1, 0.15) is 0 Å². The molecule has 0 atom stereocenters. The molecule has 0 radical (unpaired) electrons. The van der Waals surface area contributed by atoms with Gasteiger partial charge in [-0.2, -0.15) is 0 Å². The number of hydrogen-bond acceptors (Lipinski definition) is 1. The summed E-state index contributed by atoms with van der Waals surface area (Å²) in [4.78, 5) is 0. The van der Waals surface area contributed by atoms with E-state index in [0.29, 0.717) is 0 Å². The van der Waals surface area contributed by atoms with Gasteiger partial charge in [-0.25, -0.2) is 0 Å². The van der Waals surface area contributed by atoms with Crippen molar-refractivity contribution in [1.82, 2.24) is 0 Å². The second-order valence-corrected chi connectivity index (χ2v) is 5.46. The Kier molecular flexibility index (Phi) is 2.01. The van der Waals surface area contributed by atoms with Crippen molar-refractivity contribution in [3.05, 3.63) is 72.8 Å². The van der Waals surface area contributed by atoms with Crippen LogP contribution in [0.15, 0.2) is 77.2 Å². The Bertz CT molecular complexity index is 1130. The standard InChI is InChI=1S/C20H12O/c1-2-7-15-12-19-17(11-14(15)6-1)20-16-8-4-3-5-13(16)9-10-18(20)21-19/h1-12H. The van der Waals surface area contributed by atoms with Crippen LogP contribution in [0.4, 0.5) is 0 Å². The van der Waals surface area contributed by atoms with E-state index in [9.17, 15) is 0 Å². The Morgan fingerprint density at radius 2 is 1.24 bits per heavy atom. The van der Waals surface area contributed by atoms with Gasteiger partial charge in [-0.05, 0) is 39.7 Å². The Balaban J connectivity index is 2.08. The molecule has 0 N–H and O–H groups in total. The maximum Gasteiger partial charge on any atom is 0.136 e. The predicted octanol–water partition coefficient (Wildman–Crippen LogP) is 5.89. The molecule has 0 aliphatic heterocycles. The zero-order valence-corrected chi connectivity index (χ0v) is 11.3. The maximum absolute atomic E-state index is 6.07. The van der Waals surface area contributed by atoms with Crippen LogP contribution in [0.25, 0.3) is 43.5 Å². The van der Waals surface area contributed by atoms with Crippen molar-refractivity contribution in [2.75, 3.05) is 0 Å². The molecule has 1 heteroatoms. The normalized spacial score (nSPS) is 11.8. The molecule has 0 saturated heterocycles. The lowest BCUT2D eigenvalue weighted by molar-refractivity contribution is 0.670. The smallest absolute Gasteiger partial charge is 0.136 e. The van der Waals surface area contributed by atoms with E-state index in [2.05, 4.69) is 72.8 Å². The van der Waals surface area contributed by atoms with Crippen LogP contribution >= 0.6 is 0 Å². The molecular formula is C20H12O. The molecule has 0 bridgehead atoms. The third-order valence-corrected chi connectivity index (χ3v) is 4.23. The van der Waals surface area contributed by atoms with E-state index in [1.54, 1.807) is 0 Å². The molecule has 0 unspecified atom stereocenters. The van der Waals surface area contributed by atoms with Gasteiger partial charge in [0, 0.05) is 10.8 Å². The average Bonchev–Trinajstić information content (AvgIpc) is 2.90. The minimum Gasteiger partial charge on any atom is -0.456 e. The summed E-state index contributed by atoms with van der Waals surface area (Å²) in [6.45, 7) is 0. The molecule has 5 aromatic rings. The van der Waals surface area contributed by atoms with Gasteiger partial charge in [0.05, 0.1) is 0 Å². The van der Waals surface area contributed by atoms with Gasteiger partial charge in [0.25, 0.3) is 0 Å². The van der Waals surface area contributed by atoms with E-state index in [-0.39, 0.29) is 0 Å². The second-order valence-electron chi connectivity index (χ2n) is 5.46. The first kappa shape index (κ1) is 10.9. The molecule has 1 heterocycles. The number of rotatable bonds is 0. The fourth-order valence-corrected chi connectivity index (χ4v) is 3.23. The summed E-state index contributed by atoms with van der Waals surface area (Å²) in [5.41, 5.74) is 1.92. The fraction of sp³-hybridized carbons (Fsp3) is 0. The summed E-state index contributed by atoms with van der Waals surface area (Å²) in [6, 6.07) is 25.5. The Hall–Kier alpha value is -2.80. The predicted molar refractivity (Wildman–Crippen MR) is 88.7 cm³/mol. The number of fused-ring (bicyclic) bond motifs is 6. The Morgan fingerprint density at radius 1 is 0.524 bits per heavy atom. The summed E-state index contributed by atoms with van der Waals surface area (Å²) in [5, 5.41) is 7.38. The van der Waals surface area contributed by atoms with Crippen molar-refractivity contribution in [2.24, 2.45) is 0 Å². The minimum atomic E-state index is 0.957. The molecule has 0 saturated carbocycles. The summed E-state index contributed by atoms with van der Waals surface area (Å²) in [5.74, 6) is 0. The van der Waals surface area contributed by atoms with Gasteiger partial charge in [-0.3, -0.25) is 0 Å². The monoisotopic (exact) mass is 268 g/mol. The van der Waals surface area contributed by atoms with Gasteiger partial charge in [0.2, 0.25) is 0 Å². The molecule has 5 rings (SSSR count). The van der Waals surface area contributed by atoms with Gasteiger partial charge in [0.1, 0.15) is 11.2 Å². The molecule has 0 amide bonds. The molecule has 0 spiro atoms. The topological polar surface area (TPSA) is 13.1 Å². The largest absolute Gasteiger partial charge is 0.456 e. The Morgan fingerprint density at radius 3 is 2.10 bits per heavy atom. The van der Waals surface area contributed by atoms with Crippen molar-refractivity contribution >= 4 is 43.5 Å². The SMILES string of the molecule is c1ccc2cc3c(cc2c1)oc1ccc2ccccc2c13. The molecule has 0 aliphatic carbocycles. The highest BCUT2D eigenvalue weighted by atomic mass is 16.3. The van der Waals surface area contributed by atoms with E-state index in [0.717, 1.165) is 11.2 Å². The maximum atomic E-state index is 6.07. The number of benzene rings is 4. The van der Waals surface area contributed by atoms with Crippen LogP contribution in [0.5, 0.6) is 0 Å². The van der Waals surface area contributed by atoms with Crippen molar-refractivity contribution in [3.63, 3.8) is 0 Å². The highest BCUT2D eigenvalue weighted by Gasteiger charge is 2.10. The van der Waals surface area contributed by atoms with Gasteiger partial charge in [-0.1, -0.05) is 54.6 Å². The van der Waals surface area contributed by atoms with Crippen LogP contribution in [0.3, 0.4) is 0 Å². The van der Waals surface area contributed by atoms with E-state index in [1.165, 1.54) is 32.3 Å². The lowest BCUT2D eigenvalue weighted by atomic mass is 10.0. The number of hydrogen-bond donors (Lipinski definition) is 0. The van der Waals surface area contributed by atoms with Crippen LogP contribution in [0, 0.1) is 0 Å². The van der Waals surface area contributed by atoms with Gasteiger partial charge < -0.3 is 4.42 Å². The summed E-state index contributed by atoms with van der Waals surface area (Å²) in [7, 11) is 0. The molecule has 98 valence electrons. The van der Waals surface area contributed by atoms with E-state index < -0.39 is 0 Å². The first-order valence-corrected chi connectivity index (χ1v) is 7.13. The minimum absolute atomic E-state index is 0.957. The third kappa shape index (κ3) is 1.46. The van der Waals surface area contributed by atoms with Crippen LogP contribution in [-0.2, 0) is 0 Å². The van der Waals surface area contributed by atoms with Crippen molar-refractivity contribution in [2.45, 2.75) is 0 Å². The molecule has 4 aromatic carbocycles. The van der Waals surface area contributed by atoms with E-state index >= 15 is 0 Å². The van der Waals surface area contributed by atoms with Crippen LogP contribution < -0.4 is 0 Å². The molecule has 0 fully saturated rings. The van der Waals surface area contributed by atoms with E-state index in [1.807, 2.05) is 0 Å². The highest BCUT2D eigenvalue weighted by molar-refractivity contribution is 6.20. The second kappa shape index (κ2) is 3.86.